The number of imidazole rings is 1. The van der Waals surface area contributed by atoms with Crippen molar-refractivity contribution in [3.8, 4) is 22.5 Å². The lowest BCUT2D eigenvalue weighted by atomic mass is 9.97. The molecule has 33 heavy (non-hydrogen) atoms. The van der Waals surface area contributed by atoms with Crippen LogP contribution in [0.1, 0.15) is 0 Å². The molecule has 8 N–H and O–H groups in total. The Bertz CT molecular complexity index is 1640. The van der Waals surface area contributed by atoms with E-state index in [4.69, 9.17) is 23.2 Å². The number of nitrogens with two attached hydrogens (primary N) is 3. The van der Waals surface area contributed by atoms with E-state index in [0.717, 1.165) is 6.07 Å². The number of aromatic nitrogens is 6. The summed E-state index contributed by atoms with van der Waals surface area (Å²) in [6.07, 6.45) is 0. The van der Waals surface area contributed by atoms with Gasteiger partial charge in [-0.3, -0.25) is 0 Å². The number of anilines is 1. The summed E-state index contributed by atoms with van der Waals surface area (Å²) in [5.41, 5.74) is 12.3. The number of primary sulfonamides is 1. The van der Waals surface area contributed by atoms with Crippen molar-refractivity contribution in [3.05, 3.63) is 35.7 Å². The number of nitrogen functional groups attached to an aromatic ring is 1. The number of hydrogen-bond acceptors (Lipinski definition) is 10. The molecule has 16 heteroatoms. The Kier molecular flexibility index (Phi) is 5.33. The predicted molar refractivity (Wildman–Crippen MR) is 118 cm³/mol. The molecule has 0 saturated carbocycles. The minimum Gasteiger partial charge on any atom is -0.369 e. The molecule has 0 bridgehead atoms. The number of tetrazole rings is 1. The van der Waals surface area contributed by atoms with Crippen molar-refractivity contribution in [2.75, 3.05) is 18.0 Å². The van der Waals surface area contributed by atoms with Gasteiger partial charge >= 0.3 is 0 Å². The van der Waals surface area contributed by atoms with Crippen LogP contribution in [0.2, 0.25) is 0 Å². The highest BCUT2D eigenvalue weighted by atomic mass is 32.2. The number of sulfone groups is 1. The van der Waals surface area contributed by atoms with Gasteiger partial charge in [0.2, 0.25) is 21.5 Å². The van der Waals surface area contributed by atoms with E-state index in [0.29, 0.717) is 11.1 Å². The van der Waals surface area contributed by atoms with Gasteiger partial charge in [-0.25, -0.2) is 31.8 Å². The molecule has 170 valence electrons. The topological polar surface area (TPSA) is 234 Å². The highest BCUT2D eigenvalue weighted by Crippen LogP contribution is 2.42. The molecule has 0 atom stereocenters. The minimum atomic E-state index is -4.62. The number of nitrogens with one attached hydrogen (secondary N) is 2. The monoisotopic (exact) mass is 488 g/mol. The fourth-order valence-electron chi connectivity index (χ4n) is 3.48. The van der Waals surface area contributed by atoms with Crippen LogP contribution < -0.4 is 16.6 Å². The van der Waals surface area contributed by atoms with Crippen LogP contribution in [0.4, 0.5) is 11.6 Å². The predicted octanol–water partition coefficient (Wildman–Crippen LogP) is -0.0772. The van der Waals surface area contributed by atoms with Crippen LogP contribution in [0, 0.1) is 6.57 Å². The Labute approximate surface area is 187 Å². The summed E-state index contributed by atoms with van der Waals surface area (Å²) in [7, 11) is -8.76. The molecular formula is C17H16N10O4S2. The van der Waals surface area contributed by atoms with Crippen molar-refractivity contribution < 1.29 is 16.8 Å². The van der Waals surface area contributed by atoms with E-state index in [1.807, 2.05) is 0 Å². The number of fused-ring (bicyclic) bond motifs is 1. The summed E-state index contributed by atoms with van der Waals surface area (Å²) in [5, 5.41) is 18.8. The Morgan fingerprint density at radius 3 is 2.42 bits per heavy atom. The molecule has 0 amide bonds. The first-order valence-corrected chi connectivity index (χ1v) is 12.3. The first-order chi connectivity index (χ1) is 15.6. The fourth-order valence-corrected chi connectivity index (χ4v) is 6.23. The van der Waals surface area contributed by atoms with E-state index in [1.165, 1.54) is 18.2 Å². The van der Waals surface area contributed by atoms with Crippen molar-refractivity contribution in [3.63, 3.8) is 0 Å². The average Bonchev–Trinajstić information content (AvgIpc) is 3.40. The maximum Gasteiger partial charge on any atom is 0.240 e. The first kappa shape index (κ1) is 22.3. The number of nitrogens with zero attached hydrogens (tertiary/aromatic N) is 5. The highest BCUT2D eigenvalue weighted by molar-refractivity contribution is 7.93. The van der Waals surface area contributed by atoms with Gasteiger partial charge in [0.15, 0.2) is 15.8 Å². The van der Waals surface area contributed by atoms with Crippen molar-refractivity contribution in [2.45, 2.75) is 9.79 Å². The van der Waals surface area contributed by atoms with Gasteiger partial charge in [-0.1, -0.05) is 18.2 Å². The Balaban J connectivity index is 2.20. The van der Waals surface area contributed by atoms with Crippen LogP contribution in [-0.4, -0.2) is 59.7 Å². The lowest BCUT2D eigenvalue weighted by Gasteiger charge is -2.16. The smallest absolute Gasteiger partial charge is 0.240 e. The second-order valence-corrected chi connectivity index (χ2v) is 10.4. The molecular weight excluding hydrogens is 472 g/mol. The lowest BCUT2D eigenvalue weighted by Crippen LogP contribution is -2.22. The zero-order valence-electron chi connectivity index (χ0n) is 16.6. The van der Waals surface area contributed by atoms with Crippen molar-refractivity contribution in [1.82, 2.24) is 30.6 Å². The SMILES string of the molecule is [C-]#[N+]c1ccc(-c2ccc(S(=O)(=O)CCN)c(S(N)(=O)=O)c2-c2nn[nH]n2)c2[nH]c(N)nc12. The number of H-pyrrole nitrogens is 2. The molecule has 14 nitrogen and oxygen atoms in total. The molecule has 2 aromatic carbocycles. The van der Waals surface area contributed by atoms with Crippen LogP contribution in [0.15, 0.2) is 34.1 Å². The summed E-state index contributed by atoms with van der Waals surface area (Å²) in [6.45, 7) is 7.11. The van der Waals surface area contributed by atoms with Crippen LogP contribution in [0.5, 0.6) is 0 Å². The molecule has 2 aromatic heterocycles. The molecule has 0 unspecified atom stereocenters. The summed E-state index contributed by atoms with van der Waals surface area (Å²) in [4.78, 5) is 9.12. The molecule has 0 aliphatic carbocycles. The van der Waals surface area contributed by atoms with E-state index >= 15 is 0 Å². The maximum absolute atomic E-state index is 12.8. The third kappa shape index (κ3) is 3.78. The average molecular weight is 489 g/mol. The van der Waals surface area contributed by atoms with E-state index in [1.54, 1.807) is 0 Å². The zero-order chi connectivity index (χ0) is 24.0. The molecule has 0 aliphatic heterocycles. The van der Waals surface area contributed by atoms with Gasteiger partial charge in [0.25, 0.3) is 0 Å². The van der Waals surface area contributed by atoms with Gasteiger partial charge in [-0.15, -0.1) is 10.2 Å². The van der Waals surface area contributed by atoms with Gasteiger partial charge in [0, 0.05) is 12.1 Å². The Morgan fingerprint density at radius 2 is 1.82 bits per heavy atom. The number of hydrogen-bond donors (Lipinski definition) is 5. The normalized spacial score (nSPS) is 12.2. The second-order valence-electron chi connectivity index (χ2n) is 6.79. The van der Waals surface area contributed by atoms with Crippen LogP contribution >= 0.6 is 0 Å². The van der Waals surface area contributed by atoms with Crippen LogP contribution in [0.3, 0.4) is 0 Å². The van der Waals surface area contributed by atoms with Crippen molar-refractivity contribution in [1.29, 1.82) is 0 Å². The van der Waals surface area contributed by atoms with E-state index in [9.17, 15) is 16.8 Å². The number of benzene rings is 2. The Morgan fingerprint density at radius 1 is 1.09 bits per heavy atom. The number of rotatable bonds is 6. The summed E-state index contributed by atoms with van der Waals surface area (Å²) in [6, 6.07) is 5.51. The maximum atomic E-state index is 12.8. The lowest BCUT2D eigenvalue weighted by molar-refractivity contribution is 0.583. The van der Waals surface area contributed by atoms with Crippen LogP contribution in [0.25, 0.3) is 38.4 Å². The quantitative estimate of drug-likeness (QED) is 0.226. The summed E-state index contributed by atoms with van der Waals surface area (Å²) >= 11 is 0. The van der Waals surface area contributed by atoms with Gasteiger partial charge in [0.05, 0.1) is 33.8 Å². The molecule has 2 heterocycles. The molecule has 4 aromatic rings. The second kappa shape index (κ2) is 7.90. The number of sulfonamides is 1. The van der Waals surface area contributed by atoms with Gasteiger partial charge in [-0.05, 0) is 16.8 Å². The van der Waals surface area contributed by atoms with Gasteiger partial charge in [0.1, 0.15) is 4.90 Å². The number of aromatic amines is 2. The standard InChI is InChI=1S/C17H16N10O4S2/c1-21-10-4-2-9(13-14(10)23-17(19)22-13)8-3-5-11(32(28,29)7-6-18)15(33(20,30)31)12(8)16-24-26-27-25-16/h2-5H,6-7,18H2,(H3,19,22,23)(H2,20,30,31)(H,24,25,26,27). The molecule has 0 fully saturated rings. The molecule has 0 aliphatic rings. The molecule has 4 rings (SSSR count). The summed E-state index contributed by atoms with van der Waals surface area (Å²) in [5.74, 6) is -0.701. The van der Waals surface area contributed by atoms with Crippen molar-refractivity contribution >= 4 is 42.5 Å². The highest BCUT2D eigenvalue weighted by Gasteiger charge is 2.32. The summed E-state index contributed by atoms with van der Waals surface area (Å²) < 4.78 is 51.1. The van der Waals surface area contributed by atoms with Crippen molar-refractivity contribution in [2.24, 2.45) is 10.9 Å². The third-order valence-corrected chi connectivity index (χ3v) is 7.66. The largest absolute Gasteiger partial charge is 0.369 e. The fraction of sp³-hybridized carbons (Fsp3) is 0.118. The molecule has 0 saturated heterocycles. The van der Waals surface area contributed by atoms with Crippen LogP contribution in [-0.2, 0) is 19.9 Å². The minimum absolute atomic E-state index is 0.0253. The molecule has 0 spiro atoms. The molecule has 0 radical (unpaired) electrons. The first-order valence-electron chi connectivity index (χ1n) is 9.11. The third-order valence-electron chi connectivity index (χ3n) is 4.75. The van der Waals surface area contributed by atoms with E-state index < -0.39 is 35.4 Å². The Hall–Kier alpha value is -3.91. The zero-order valence-corrected chi connectivity index (χ0v) is 18.3. The van der Waals surface area contributed by atoms with Gasteiger partial charge in [-0.2, -0.15) is 5.21 Å². The van der Waals surface area contributed by atoms with Gasteiger partial charge < -0.3 is 16.5 Å². The van der Waals surface area contributed by atoms with E-state index in [-0.39, 0.29) is 40.6 Å². The van der Waals surface area contributed by atoms with E-state index in [2.05, 4.69) is 35.4 Å².